The smallest absolute Gasteiger partial charge is 0.312 e. The fraction of sp³-hybridized carbons (Fsp3) is 0.562. The van der Waals surface area contributed by atoms with Gasteiger partial charge in [-0.05, 0) is 13.0 Å². The van der Waals surface area contributed by atoms with Crippen molar-refractivity contribution in [1.29, 1.82) is 0 Å². The summed E-state index contributed by atoms with van der Waals surface area (Å²) in [6.07, 6.45) is -2.28. The van der Waals surface area contributed by atoms with E-state index >= 15 is 0 Å². The average Bonchev–Trinajstić information content (AvgIpc) is 2.53. The largest absolute Gasteiger partial charge is 0.460 e. The van der Waals surface area contributed by atoms with E-state index in [1.807, 2.05) is 12.1 Å². The molecule has 0 aliphatic carbocycles. The number of nitrogen functional groups attached to an aromatic ring is 1. The maximum atomic E-state index is 12.4. The summed E-state index contributed by atoms with van der Waals surface area (Å²) in [6, 6.07) is 7.20. The second-order valence-electron chi connectivity index (χ2n) is 5.78. The zero-order valence-corrected chi connectivity index (χ0v) is 12.9. The Hall–Kier alpha value is -1.67. The van der Waals surface area contributed by atoms with Crippen molar-refractivity contribution in [2.45, 2.75) is 44.7 Å². The zero-order valence-electron chi connectivity index (χ0n) is 12.9. The molecule has 1 unspecified atom stereocenters. The zero-order chi connectivity index (χ0) is 16.4. The van der Waals surface area contributed by atoms with Crippen molar-refractivity contribution in [1.82, 2.24) is 0 Å². The molecule has 0 saturated carbocycles. The molecule has 0 spiro atoms. The van der Waals surface area contributed by atoms with Crippen molar-refractivity contribution >= 4 is 11.7 Å². The molecular weight excluding hydrogens is 302 g/mol. The molecule has 7 nitrogen and oxygen atoms in total. The molecule has 0 radical (unpaired) electrons. The Morgan fingerprint density at radius 1 is 1.39 bits per heavy atom. The Morgan fingerprint density at radius 3 is 2.96 bits per heavy atom. The van der Waals surface area contributed by atoms with E-state index in [4.69, 9.17) is 24.7 Å². The minimum atomic E-state index is -1.03. The molecule has 5 atom stereocenters. The highest BCUT2D eigenvalue weighted by molar-refractivity contribution is 5.73. The quantitative estimate of drug-likeness (QED) is 0.627. The van der Waals surface area contributed by atoms with Gasteiger partial charge in [0.25, 0.3) is 0 Å². The number of hydrogen-bond donors (Lipinski definition) is 2. The van der Waals surface area contributed by atoms with Crippen LogP contribution in [0.1, 0.15) is 18.9 Å². The number of nitrogens with two attached hydrogens (primary N) is 1. The number of carbonyl (C=O) groups is 1. The first-order valence-corrected chi connectivity index (χ1v) is 7.65. The lowest BCUT2D eigenvalue weighted by Crippen LogP contribution is -2.55. The number of rotatable bonds is 3. The molecule has 2 aliphatic rings. The third-order valence-corrected chi connectivity index (χ3v) is 4.12. The number of benzene rings is 1. The van der Waals surface area contributed by atoms with Crippen LogP contribution in [-0.2, 0) is 30.3 Å². The molecule has 2 fully saturated rings. The van der Waals surface area contributed by atoms with Gasteiger partial charge in [0, 0.05) is 17.7 Å². The molecule has 0 aromatic heterocycles. The van der Waals surface area contributed by atoms with Gasteiger partial charge in [0.2, 0.25) is 0 Å². The number of fused-ring (bicyclic) bond motifs is 1. The van der Waals surface area contributed by atoms with Crippen LogP contribution >= 0.6 is 0 Å². The standard InChI is InChI=1S/C16H21NO6/c1-9-20-8-13-15(22-9)11(6-14(18)23-13)16(19)21-7-10-4-2-3-5-12(10)17/h2-5,9,11,13-15,18H,6-8,17H2,1H3/t9?,11-,13-,14-,15+/m1/s1. The number of para-hydroxylation sites is 1. The molecule has 0 bridgehead atoms. The molecule has 23 heavy (non-hydrogen) atoms. The topological polar surface area (TPSA) is 100 Å². The number of aliphatic hydroxyl groups is 1. The van der Waals surface area contributed by atoms with Gasteiger partial charge in [-0.3, -0.25) is 4.79 Å². The van der Waals surface area contributed by atoms with Crippen molar-refractivity contribution in [3.63, 3.8) is 0 Å². The molecule has 7 heteroatoms. The summed E-state index contributed by atoms with van der Waals surface area (Å²) in [4.78, 5) is 12.4. The first-order chi connectivity index (χ1) is 11.0. The van der Waals surface area contributed by atoms with E-state index < -0.39 is 36.7 Å². The van der Waals surface area contributed by atoms with E-state index in [1.165, 1.54) is 0 Å². The van der Waals surface area contributed by atoms with Crippen molar-refractivity contribution < 1.29 is 28.8 Å². The Kier molecular flexibility index (Phi) is 4.82. The molecule has 1 aromatic carbocycles. The van der Waals surface area contributed by atoms with Crippen molar-refractivity contribution in [2.24, 2.45) is 5.92 Å². The molecule has 0 amide bonds. The fourth-order valence-corrected chi connectivity index (χ4v) is 2.90. The molecule has 126 valence electrons. The highest BCUT2D eigenvalue weighted by Crippen LogP contribution is 2.32. The molecule has 3 rings (SSSR count). The van der Waals surface area contributed by atoms with Crippen LogP contribution in [0.5, 0.6) is 0 Å². The molecule has 1 aromatic rings. The predicted molar refractivity (Wildman–Crippen MR) is 79.9 cm³/mol. The Morgan fingerprint density at radius 2 is 2.17 bits per heavy atom. The third kappa shape index (κ3) is 3.64. The van der Waals surface area contributed by atoms with Gasteiger partial charge in [-0.25, -0.2) is 0 Å². The van der Waals surface area contributed by atoms with Gasteiger partial charge in [-0.15, -0.1) is 0 Å². The summed E-state index contributed by atoms with van der Waals surface area (Å²) >= 11 is 0. The van der Waals surface area contributed by atoms with Crippen LogP contribution in [0.15, 0.2) is 24.3 Å². The van der Waals surface area contributed by atoms with E-state index in [-0.39, 0.29) is 19.6 Å². The van der Waals surface area contributed by atoms with Crippen LogP contribution in [0.3, 0.4) is 0 Å². The monoisotopic (exact) mass is 323 g/mol. The van der Waals surface area contributed by atoms with Crippen LogP contribution in [0.4, 0.5) is 5.69 Å². The van der Waals surface area contributed by atoms with Crippen LogP contribution < -0.4 is 5.73 Å². The van der Waals surface area contributed by atoms with Crippen molar-refractivity contribution in [3.05, 3.63) is 29.8 Å². The number of carbonyl (C=O) groups excluding carboxylic acids is 1. The van der Waals surface area contributed by atoms with E-state index in [2.05, 4.69) is 0 Å². The molecule has 3 N–H and O–H groups in total. The lowest BCUT2D eigenvalue weighted by molar-refractivity contribution is -0.315. The average molecular weight is 323 g/mol. The second kappa shape index (κ2) is 6.84. The summed E-state index contributed by atoms with van der Waals surface area (Å²) in [6.45, 7) is 2.12. The summed E-state index contributed by atoms with van der Waals surface area (Å²) in [5.41, 5.74) is 7.15. The molecule has 2 saturated heterocycles. The summed E-state index contributed by atoms with van der Waals surface area (Å²) in [5, 5.41) is 9.80. The summed E-state index contributed by atoms with van der Waals surface area (Å²) in [5.74, 6) is -1.03. The van der Waals surface area contributed by atoms with E-state index in [1.54, 1.807) is 19.1 Å². The Balaban J connectivity index is 1.66. The number of hydrogen-bond acceptors (Lipinski definition) is 7. The van der Waals surface area contributed by atoms with Crippen molar-refractivity contribution in [2.75, 3.05) is 12.3 Å². The van der Waals surface area contributed by atoms with Crippen LogP contribution in [0.25, 0.3) is 0 Å². The van der Waals surface area contributed by atoms with Gasteiger partial charge in [-0.2, -0.15) is 0 Å². The minimum absolute atomic E-state index is 0.0857. The van der Waals surface area contributed by atoms with E-state index in [9.17, 15) is 9.90 Å². The van der Waals surface area contributed by atoms with Gasteiger partial charge in [-0.1, -0.05) is 18.2 Å². The first kappa shape index (κ1) is 16.2. The maximum Gasteiger partial charge on any atom is 0.312 e. The van der Waals surface area contributed by atoms with Crippen LogP contribution in [0.2, 0.25) is 0 Å². The SMILES string of the molecule is CC1OC[C@H]2O[C@@H](O)C[C@@H](C(=O)OCc3ccccc3N)[C@@H]2O1. The lowest BCUT2D eigenvalue weighted by Gasteiger charge is -2.43. The van der Waals surface area contributed by atoms with Crippen molar-refractivity contribution in [3.8, 4) is 0 Å². The molecule has 2 heterocycles. The van der Waals surface area contributed by atoms with Gasteiger partial charge >= 0.3 is 5.97 Å². The number of ether oxygens (including phenoxy) is 4. The highest BCUT2D eigenvalue weighted by atomic mass is 16.7. The van der Waals surface area contributed by atoms with Crippen LogP contribution in [-0.4, -0.2) is 42.5 Å². The van der Waals surface area contributed by atoms with Gasteiger partial charge in [0.1, 0.15) is 18.8 Å². The summed E-state index contributed by atoms with van der Waals surface area (Å²) in [7, 11) is 0. The molecular formula is C16H21NO6. The number of aliphatic hydroxyl groups excluding tert-OH is 1. The third-order valence-electron chi connectivity index (χ3n) is 4.12. The van der Waals surface area contributed by atoms with Gasteiger partial charge in [0.15, 0.2) is 12.6 Å². The maximum absolute atomic E-state index is 12.4. The van der Waals surface area contributed by atoms with Crippen LogP contribution in [0, 0.1) is 5.92 Å². The second-order valence-corrected chi connectivity index (χ2v) is 5.78. The highest BCUT2D eigenvalue weighted by Gasteiger charge is 2.46. The fourth-order valence-electron chi connectivity index (χ4n) is 2.90. The van der Waals surface area contributed by atoms with Gasteiger partial charge in [0.05, 0.1) is 12.5 Å². The normalized spacial score (nSPS) is 33.7. The van der Waals surface area contributed by atoms with E-state index in [0.717, 1.165) is 5.56 Å². The molecule has 2 aliphatic heterocycles. The Bertz CT molecular complexity index is 565. The number of esters is 1. The van der Waals surface area contributed by atoms with Gasteiger partial charge < -0.3 is 29.8 Å². The number of anilines is 1. The lowest BCUT2D eigenvalue weighted by atomic mass is 9.91. The first-order valence-electron chi connectivity index (χ1n) is 7.65. The predicted octanol–water partition coefficient (Wildman–Crippen LogP) is 0.797. The van der Waals surface area contributed by atoms with E-state index in [0.29, 0.717) is 5.69 Å². The summed E-state index contributed by atoms with van der Waals surface area (Å²) < 4.78 is 21.8. The minimum Gasteiger partial charge on any atom is -0.460 e. The Labute approximate surface area is 134 Å².